The van der Waals surface area contributed by atoms with Crippen LogP contribution in [-0.4, -0.2) is 28.7 Å². The first kappa shape index (κ1) is 22.8. The van der Waals surface area contributed by atoms with Crippen molar-refractivity contribution >= 4 is 57.5 Å². The Morgan fingerprint density at radius 2 is 1.50 bits per heavy atom. The molecule has 38 heavy (non-hydrogen) atoms. The van der Waals surface area contributed by atoms with E-state index in [1.165, 1.54) is 4.90 Å². The van der Waals surface area contributed by atoms with Crippen LogP contribution < -0.4 is 10.2 Å². The molecule has 0 radical (unpaired) electrons. The standard InChI is InChI=1S/C31H22ClN3O3/c32-20-12-14-21(15-13-20)33-29(36)28-26-25(27-23-10-4-2-7-19(23)16-17-34(27)28)30(37)35(31(26)38)24-11-5-8-18-6-1-3-9-22(18)24/h1-17,25-28H,(H,33,36)/t25-,26+,27+,28-/m0/s1. The van der Waals surface area contributed by atoms with Crippen LogP contribution in [0.25, 0.3) is 16.8 Å². The number of carbonyl (C=O) groups excluding carboxylic acids is 3. The Morgan fingerprint density at radius 3 is 2.34 bits per heavy atom. The smallest absolute Gasteiger partial charge is 0.247 e. The van der Waals surface area contributed by atoms with Gasteiger partial charge in [0.15, 0.2) is 0 Å². The summed E-state index contributed by atoms with van der Waals surface area (Å²) in [6.07, 6.45) is 3.78. The summed E-state index contributed by atoms with van der Waals surface area (Å²) in [4.78, 5) is 45.4. The summed E-state index contributed by atoms with van der Waals surface area (Å²) in [5.41, 5.74) is 3.04. The number of hydrogen-bond donors (Lipinski definition) is 1. The number of imide groups is 1. The summed E-state index contributed by atoms with van der Waals surface area (Å²) in [6.45, 7) is 0. The molecule has 0 aromatic heterocycles. The molecule has 7 rings (SSSR count). The molecule has 7 heteroatoms. The Labute approximate surface area is 224 Å². The Hall–Kier alpha value is -4.42. The van der Waals surface area contributed by atoms with E-state index in [1.54, 1.807) is 30.3 Å². The highest BCUT2D eigenvalue weighted by molar-refractivity contribution is 6.30. The van der Waals surface area contributed by atoms with Gasteiger partial charge in [-0.2, -0.15) is 0 Å². The van der Waals surface area contributed by atoms with Gasteiger partial charge in [0, 0.05) is 22.3 Å². The Kier molecular flexibility index (Phi) is 5.13. The monoisotopic (exact) mass is 519 g/mol. The maximum atomic E-state index is 14.2. The largest absolute Gasteiger partial charge is 0.357 e. The molecule has 4 aromatic rings. The second kappa shape index (κ2) is 8.57. The van der Waals surface area contributed by atoms with Gasteiger partial charge in [0.2, 0.25) is 17.7 Å². The molecule has 2 fully saturated rings. The van der Waals surface area contributed by atoms with Crippen molar-refractivity contribution in [3.8, 4) is 0 Å². The molecule has 186 valence electrons. The molecule has 0 unspecified atom stereocenters. The first-order valence-electron chi connectivity index (χ1n) is 12.5. The lowest BCUT2D eigenvalue weighted by Gasteiger charge is -2.35. The second-order valence-corrected chi connectivity index (χ2v) is 10.3. The van der Waals surface area contributed by atoms with Gasteiger partial charge in [-0.3, -0.25) is 14.4 Å². The molecule has 0 spiro atoms. The Balaban J connectivity index is 1.35. The first-order valence-corrected chi connectivity index (χ1v) is 12.9. The molecule has 0 saturated carbocycles. The van der Waals surface area contributed by atoms with Crippen LogP contribution in [0.3, 0.4) is 0 Å². The molecular weight excluding hydrogens is 498 g/mol. The lowest BCUT2D eigenvalue weighted by molar-refractivity contribution is -0.128. The highest BCUT2D eigenvalue weighted by Crippen LogP contribution is 2.53. The normalized spacial score (nSPS) is 23.4. The lowest BCUT2D eigenvalue weighted by Crippen LogP contribution is -2.46. The van der Waals surface area contributed by atoms with Crippen molar-refractivity contribution in [2.24, 2.45) is 11.8 Å². The third-order valence-electron chi connectivity index (χ3n) is 7.85. The number of nitrogens with zero attached hydrogens (tertiary/aromatic N) is 2. The minimum absolute atomic E-state index is 0.279. The van der Waals surface area contributed by atoms with Crippen molar-refractivity contribution in [1.29, 1.82) is 0 Å². The van der Waals surface area contributed by atoms with Crippen molar-refractivity contribution in [3.05, 3.63) is 113 Å². The van der Waals surface area contributed by atoms with E-state index < -0.39 is 23.9 Å². The fourth-order valence-electron chi connectivity index (χ4n) is 6.25. The summed E-state index contributed by atoms with van der Waals surface area (Å²) in [7, 11) is 0. The van der Waals surface area contributed by atoms with Crippen LogP contribution in [0, 0.1) is 11.8 Å². The number of hydrogen-bond acceptors (Lipinski definition) is 4. The van der Waals surface area contributed by atoms with Gasteiger partial charge in [0.1, 0.15) is 6.04 Å². The van der Waals surface area contributed by atoms with Gasteiger partial charge in [-0.15, -0.1) is 0 Å². The third kappa shape index (κ3) is 3.30. The maximum Gasteiger partial charge on any atom is 0.247 e. The predicted octanol–water partition coefficient (Wildman–Crippen LogP) is 5.65. The third-order valence-corrected chi connectivity index (χ3v) is 8.10. The molecule has 4 atom stereocenters. The van der Waals surface area contributed by atoms with Crippen LogP contribution >= 0.6 is 11.6 Å². The van der Waals surface area contributed by atoms with Crippen LogP contribution in [0.15, 0.2) is 97.2 Å². The van der Waals surface area contributed by atoms with Gasteiger partial charge in [-0.05, 0) is 52.9 Å². The van der Waals surface area contributed by atoms with E-state index in [2.05, 4.69) is 5.32 Å². The van der Waals surface area contributed by atoms with E-state index >= 15 is 0 Å². The van der Waals surface area contributed by atoms with Gasteiger partial charge < -0.3 is 10.2 Å². The van der Waals surface area contributed by atoms with Crippen LogP contribution in [0.2, 0.25) is 5.02 Å². The molecule has 3 amide bonds. The van der Waals surface area contributed by atoms with Crippen LogP contribution in [0.5, 0.6) is 0 Å². The van der Waals surface area contributed by atoms with Crippen molar-refractivity contribution in [3.63, 3.8) is 0 Å². The summed E-state index contributed by atoms with van der Waals surface area (Å²) >= 11 is 6.02. The Morgan fingerprint density at radius 1 is 0.789 bits per heavy atom. The molecule has 0 bridgehead atoms. The SMILES string of the molecule is O=C(Nc1ccc(Cl)cc1)[C@@H]1[C@@H]2C(=O)N(c3cccc4ccccc34)C(=O)[C@@H]2[C@H]2c3ccccc3C=CN12. The molecule has 0 aliphatic carbocycles. The topological polar surface area (TPSA) is 69.7 Å². The fourth-order valence-corrected chi connectivity index (χ4v) is 6.37. The average molecular weight is 520 g/mol. The second-order valence-electron chi connectivity index (χ2n) is 9.84. The number of rotatable bonds is 3. The molecule has 1 N–H and O–H groups in total. The summed E-state index contributed by atoms with van der Waals surface area (Å²) < 4.78 is 0. The minimum Gasteiger partial charge on any atom is -0.357 e. The van der Waals surface area contributed by atoms with Gasteiger partial charge in [-0.25, -0.2) is 4.90 Å². The predicted molar refractivity (Wildman–Crippen MR) is 147 cm³/mol. The summed E-state index contributed by atoms with van der Waals surface area (Å²) in [6, 6.07) is 26.7. The zero-order valence-corrected chi connectivity index (χ0v) is 20.9. The number of benzene rings is 4. The molecule has 3 heterocycles. The summed E-state index contributed by atoms with van der Waals surface area (Å²) in [5.74, 6) is -2.51. The molecule has 4 aromatic carbocycles. The van der Waals surface area contributed by atoms with Crippen molar-refractivity contribution in [2.45, 2.75) is 12.1 Å². The number of halogens is 1. The molecule has 3 aliphatic rings. The average Bonchev–Trinajstić information content (AvgIpc) is 3.42. The highest BCUT2D eigenvalue weighted by Gasteiger charge is 2.64. The van der Waals surface area contributed by atoms with E-state index in [0.717, 1.165) is 21.9 Å². The molecule has 6 nitrogen and oxygen atoms in total. The molecule has 2 saturated heterocycles. The highest BCUT2D eigenvalue weighted by atomic mass is 35.5. The van der Waals surface area contributed by atoms with E-state index in [1.807, 2.05) is 77.8 Å². The maximum absolute atomic E-state index is 14.2. The molecule has 3 aliphatic heterocycles. The number of anilines is 2. The number of carbonyl (C=O) groups is 3. The first-order chi connectivity index (χ1) is 18.5. The number of fused-ring (bicyclic) bond motifs is 6. The number of nitrogens with one attached hydrogen (secondary N) is 1. The zero-order chi connectivity index (χ0) is 26.0. The quantitative estimate of drug-likeness (QED) is 0.355. The fraction of sp³-hybridized carbons (Fsp3) is 0.129. The van der Waals surface area contributed by atoms with Gasteiger partial charge in [0.25, 0.3) is 0 Å². The minimum atomic E-state index is -0.860. The van der Waals surface area contributed by atoms with E-state index in [-0.39, 0.29) is 17.7 Å². The summed E-state index contributed by atoms with van der Waals surface area (Å²) in [5, 5.41) is 5.26. The molecular formula is C31H22ClN3O3. The van der Waals surface area contributed by atoms with E-state index in [4.69, 9.17) is 11.6 Å². The van der Waals surface area contributed by atoms with E-state index in [0.29, 0.717) is 16.4 Å². The zero-order valence-electron chi connectivity index (χ0n) is 20.1. The Bertz CT molecular complexity index is 1660. The van der Waals surface area contributed by atoms with E-state index in [9.17, 15) is 14.4 Å². The van der Waals surface area contributed by atoms with Crippen molar-refractivity contribution in [1.82, 2.24) is 4.90 Å². The van der Waals surface area contributed by atoms with Crippen LogP contribution in [0.1, 0.15) is 17.2 Å². The van der Waals surface area contributed by atoms with Gasteiger partial charge in [-0.1, -0.05) is 72.3 Å². The van der Waals surface area contributed by atoms with Crippen LogP contribution in [-0.2, 0) is 14.4 Å². The van der Waals surface area contributed by atoms with Crippen molar-refractivity contribution < 1.29 is 14.4 Å². The number of amides is 3. The van der Waals surface area contributed by atoms with Crippen LogP contribution in [0.4, 0.5) is 11.4 Å². The van der Waals surface area contributed by atoms with Gasteiger partial charge >= 0.3 is 0 Å². The van der Waals surface area contributed by atoms with Gasteiger partial charge in [0.05, 0.1) is 23.6 Å². The van der Waals surface area contributed by atoms with Crippen molar-refractivity contribution in [2.75, 3.05) is 10.2 Å². The lowest BCUT2D eigenvalue weighted by atomic mass is 9.84.